The summed E-state index contributed by atoms with van der Waals surface area (Å²) in [7, 11) is -1.77. The Bertz CT molecular complexity index is 1040. The van der Waals surface area contributed by atoms with Crippen molar-refractivity contribution in [3.8, 4) is 5.75 Å². The van der Waals surface area contributed by atoms with E-state index in [9.17, 15) is 19.6 Å². The number of aliphatic hydroxyl groups is 1. The van der Waals surface area contributed by atoms with Gasteiger partial charge in [0.15, 0.2) is 24.0 Å². The summed E-state index contributed by atoms with van der Waals surface area (Å²) in [4.78, 5) is 38.4. The van der Waals surface area contributed by atoms with Crippen LogP contribution in [0, 0.1) is 5.92 Å². The SMILES string of the molecule is COC(=O)[C@@H](N=[P+]([O-])OC(Oc1ccc(Br)cc1)[C@@H]1O[C@@H](N2C=CCN(N)C2=O)[C@](C)(F)[C@@H]1O)C(C)C. The van der Waals surface area contributed by atoms with Gasteiger partial charge in [-0.3, -0.25) is 9.91 Å². The largest absolute Gasteiger partial charge is 0.583 e. The molecule has 2 amide bonds. The second-order valence-electron chi connectivity index (χ2n) is 8.89. The molecule has 37 heavy (non-hydrogen) atoms. The topological polar surface area (TPSA) is 159 Å². The van der Waals surface area contributed by atoms with E-state index in [0.29, 0.717) is 0 Å². The van der Waals surface area contributed by atoms with Gasteiger partial charge in [0.1, 0.15) is 11.9 Å². The number of halogens is 2. The van der Waals surface area contributed by atoms with Gasteiger partial charge in [-0.2, -0.15) is 0 Å². The Morgan fingerprint density at radius 1 is 1.41 bits per heavy atom. The van der Waals surface area contributed by atoms with Gasteiger partial charge in [-0.1, -0.05) is 34.5 Å². The van der Waals surface area contributed by atoms with Crippen molar-refractivity contribution in [2.24, 2.45) is 16.5 Å². The second kappa shape index (κ2) is 12.1. The molecule has 0 saturated carbocycles. The summed E-state index contributed by atoms with van der Waals surface area (Å²) in [5.74, 6) is 4.77. The number of rotatable bonds is 9. The average Bonchev–Trinajstić information content (AvgIpc) is 3.08. The van der Waals surface area contributed by atoms with Crippen LogP contribution < -0.4 is 15.5 Å². The molecule has 7 atom stereocenters. The number of nitrogens with zero attached hydrogens (tertiary/aromatic N) is 3. The second-order valence-corrected chi connectivity index (χ2v) is 10.7. The lowest BCUT2D eigenvalue weighted by atomic mass is 9.97. The van der Waals surface area contributed by atoms with Crippen molar-refractivity contribution < 1.29 is 42.7 Å². The number of urea groups is 1. The molecule has 12 nitrogen and oxygen atoms in total. The Balaban J connectivity index is 1.93. The lowest BCUT2D eigenvalue weighted by Crippen LogP contribution is -2.56. The number of alkyl halides is 1. The summed E-state index contributed by atoms with van der Waals surface area (Å²) in [6, 6.07) is 4.55. The summed E-state index contributed by atoms with van der Waals surface area (Å²) in [6.45, 7) is 4.51. The number of carbonyl (C=O) groups is 2. The Kier molecular flexibility index (Phi) is 9.62. The van der Waals surface area contributed by atoms with Gasteiger partial charge >= 0.3 is 20.2 Å². The summed E-state index contributed by atoms with van der Waals surface area (Å²) in [5.41, 5.74) is -2.51. The standard InChI is InChI=1S/C22H29BrFN4O8P/c1-12(2)15(18(30)33-4)26-37(32)36-19(34-14-8-6-13(23)7-9-14)16-17(29)22(3,24)20(35-16)27-10-5-11-28(25)21(27)31/h5-10,12,15-17,19-20,29H,11,25H2,1-4H3/t15-,16+,17+,19?,20+,22+/m0/s1. The molecule has 15 heteroatoms. The van der Waals surface area contributed by atoms with E-state index >= 15 is 4.39 Å². The van der Waals surface area contributed by atoms with Crippen LogP contribution in [0.5, 0.6) is 5.75 Å². The fourth-order valence-electron chi connectivity index (χ4n) is 3.70. The van der Waals surface area contributed by atoms with Crippen molar-refractivity contribution in [1.82, 2.24) is 9.91 Å². The minimum Gasteiger partial charge on any atom is -0.583 e. The number of benzene rings is 1. The Labute approximate surface area is 222 Å². The van der Waals surface area contributed by atoms with Gasteiger partial charge < -0.3 is 24.2 Å². The monoisotopic (exact) mass is 606 g/mol. The minimum absolute atomic E-state index is 0.106. The maximum absolute atomic E-state index is 15.8. The van der Waals surface area contributed by atoms with Crippen LogP contribution in [0.15, 0.2) is 45.8 Å². The first kappa shape index (κ1) is 29.4. The van der Waals surface area contributed by atoms with E-state index in [4.69, 9.17) is 24.6 Å². The van der Waals surface area contributed by atoms with Crippen molar-refractivity contribution in [2.75, 3.05) is 13.7 Å². The van der Waals surface area contributed by atoms with Gasteiger partial charge in [-0.05, 0) is 43.2 Å². The van der Waals surface area contributed by atoms with Gasteiger partial charge in [0, 0.05) is 10.7 Å². The van der Waals surface area contributed by atoms with Crippen LogP contribution in [-0.2, 0) is 18.8 Å². The van der Waals surface area contributed by atoms with Crippen molar-refractivity contribution in [1.29, 1.82) is 0 Å². The van der Waals surface area contributed by atoms with Crippen LogP contribution >= 0.6 is 24.1 Å². The molecule has 2 aliphatic rings. The van der Waals surface area contributed by atoms with Crippen LogP contribution in [-0.4, -0.2) is 77.1 Å². The maximum Gasteiger partial charge on any atom is 0.346 e. The molecule has 0 bridgehead atoms. The van der Waals surface area contributed by atoms with Gasteiger partial charge in [0.25, 0.3) is 6.29 Å². The van der Waals surface area contributed by atoms with Crippen molar-refractivity contribution >= 4 is 36.1 Å². The van der Waals surface area contributed by atoms with E-state index in [1.54, 1.807) is 38.1 Å². The van der Waals surface area contributed by atoms with Crippen LogP contribution in [0.3, 0.4) is 0 Å². The number of nitrogens with two attached hydrogens (primary N) is 1. The zero-order valence-electron chi connectivity index (χ0n) is 20.6. The third-order valence-electron chi connectivity index (χ3n) is 5.77. The molecule has 1 fully saturated rings. The summed E-state index contributed by atoms with van der Waals surface area (Å²) in [6.07, 6.45) is -3.92. The van der Waals surface area contributed by atoms with Crippen molar-refractivity contribution in [2.45, 2.75) is 57.2 Å². The number of carbonyl (C=O) groups excluding carboxylic acids is 2. The van der Waals surface area contributed by atoms with E-state index < -0.39 is 56.6 Å². The van der Waals surface area contributed by atoms with Crippen LogP contribution in [0.4, 0.5) is 9.18 Å². The van der Waals surface area contributed by atoms with E-state index in [1.165, 1.54) is 19.4 Å². The quantitative estimate of drug-likeness (QED) is 0.141. The van der Waals surface area contributed by atoms with E-state index in [1.807, 2.05) is 0 Å². The highest BCUT2D eigenvalue weighted by molar-refractivity contribution is 9.10. The number of ether oxygens (including phenoxy) is 3. The lowest BCUT2D eigenvalue weighted by molar-refractivity contribution is -0.206. The minimum atomic E-state index is -2.94. The molecule has 204 valence electrons. The number of aliphatic hydroxyl groups excluding tert-OH is 1. The number of hydrogen-bond donors (Lipinski definition) is 2. The fourth-order valence-corrected chi connectivity index (χ4v) is 4.93. The highest BCUT2D eigenvalue weighted by Gasteiger charge is 2.61. The van der Waals surface area contributed by atoms with Gasteiger partial charge in [0.2, 0.25) is 0 Å². The van der Waals surface area contributed by atoms with Crippen molar-refractivity contribution in [3.05, 3.63) is 41.0 Å². The number of hydrogen-bond acceptors (Lipinski definition) is 10. The molecule has 0 aliphatic carbocycles. The Morgan fingerprint density at radius 2 is 2.05 bits per heavy atom. The highest BCUT2D eigenvalue weighted by atomic mass is 79.9. The van der Waals surface area contributed by atoms with Crippen molar-refractivity contribution in [3.63, 3.8) is 0 Å². The summed E-state index contributed by atoms with van der Waals surface area (Å²) in [5, 5.41) is 11.7. The van der Waals surface area contributed by atoms with Gasteiger partial charge in [-0.25, -0.2) is 19.8 Å². The first-order chi connectivity index (χ1) is 17.4. The number of methoxy groups -OCH3 is 1. The molecule has 0 spiro atoms. The van der Waals surface area contributed by atoms with Gasteiger partial charge in [0.05, 0.1) is 13.7 Å². The van der Waals surface area contributed by atoms with Gasteiger partial charge in [-0.15, -0.1) is 4.52 Å². The van der Waals surface area contributed by atoms with Crippen LogP contribution in [0.25, 0.3) is 0 Å². The maximum atomic E-state index is 15.8. The summed E-state index contributed by atoms with van der Waals surface area (Å²) >= 11 is 3.30. The molecular formula is C22H29BrFN4O8P. The molecular weight excluding hydrogens is 578 g/mol. The number of amides is 2. The predicted octanol–water partition coefficient (Wildman–Crippen LogP) is 2.16. The Hall–Kier alpha value is -2.19. The molecule has 0 aromatic heterocycles. The van der Waals surface area contributed by atoms with E-state index in [-0.39, 0.29) is 18.2 Å². The molecule has 1 aromatic carbocycles. The zero-order chi connectivity index (χ0) is 27.5. The number of hydrazine groups is 1. The molecule has 1 aromatic rings. The molecule has 3 N–H and O–H groups in total. The molecule has 2 unspecified atom stereocenters. The van der Waals surface area contributed by atoms with E-state index in [0.717, 1.165) is 21.3 Å². The lowest BCUT2D eigenvalue weighted by Gasteiger charge is -2.35. The predicted molar refractivity (Wildman–Crippen MR) is 131 cm³/mol. The molecule has 0 radical (unpaired) electrons. The molecule has 2 heterocycles. The third-order valence-corrected chi connectivity index (χ3v) is 7.12. The van der Waals surface area contributed by atoms with Crippen LogP contribution in [0.2, 0.25) is 0 Å². The first-order valence-corrected chi connectivity index (χ1v) is 13.2. The van der Waals surface area contributed by atoms with E-state index in [2.05, 4.69) is 20.7 Å². The molecule has 2 aliphatic heterocycles. The average molecular weight is 607 g/mol. The normalized spacial score (nSPS) is 28.0. The molecule has 1 saturated heterocycles. The molecule has 3 rings (SSSR count). The highest BCUT2D eigenvalue weighted by Crippen LogP contribution is 2.41. The Morgan fingerprint density at radius 3 is 2.65 bits per heavy atom. The fraction of sp³-hybridized carbons (Fsp3) is 0.545. The number of esters is 1. The first-order valence-electron chi connectivity index (χ1n) is 11.2. The van der Waals surface area contributed by atoms with Crippen LogP contribution in [0.1, 0.15) is 20.8 Å². The summed E-state index contributed by atoms with van der Waals surface area (Å²) < 4.78 is 42.2. The third kappa shape index (κ3) is 6.63. The smallest absolute Gasteiger partial charge is 0.346 e. The zero-order valence-corrected chi connectivity index (χ0v) is 23.0.